The number of nitrogens with two attached hydrogens (primary N) is 1. The largest absolute Gasteiger partial charge is 0.461 e. The third-order valence-electron chi connectivity index (χ3n) is 9.90. The number of hydrogen-bond donors (Lipinski definition) is 2. The van der Waals surface area contributed by atoms with Gasteiger partial charge in [0.25, 0.3) is 0 Å². The maximum atomic E-state index is 14.9. The van der Waals surface area contributed by atoms with Gasteiger partial charge in [0, 0.05) is 54.7 Å². The fourth-order valence-corrected chi connectivity index (χ4v) is 8.72. The number of anilines is 2. The Morgan fingerprint density at radius 2 is 1.91 bits per heavy atom. The van der Waals surface area contributed by atoms with Crippen LogP contribution in [0.5, 0.6) is 6.01 Å². The molecular weight excluding hydrogens is 627 g/mol. The first-order valence-electron chi connectivity index (χ1n) is 15.3. The van der Waals surface area contributed by atoms with Gasteiger partial charge in [-0.15, -0.1) is 0 Å². The van der Waals surface area contributed by atoms with Crippen LogP contribution in [0.3, 0.4) is 0 Å². The van der Waals surface area contributed by atoms with Crippen molar-refractivity contribution < 1.29 is 26.7 Å². The first kappa shape index (κ1) is 29.5. The maximum Gasteiger partial charge on any atom is 0.417 e. The van der Waals surface area contributed by atoms with Crippen LogP contribution >= 0.6 is 11.3 Å². The molecule has 8 rings (SSSR count). The molecule has 2 aromatic heterocycles. The zero-order chi connectivity index (χ0) is 32.0. The molecule has 2 aromatic carbocycles. The molecule has 4 saturated heterocycles. The summed E-state index contributed by atoms with van der Waals surface area (Å²) in [5, 5.41) is 14.1. The third-order valence-corrected chi connectivity index (χ3v) is 10.8. The molecule has 2 bridgehead atoms. The van der Waals surface area contributed by atoms with Gasteiger partial charge in [-0.25, -0.2) is 13.8 Å². The predicted octanol–water partition coefficient (Wildman–Crippen LogP) is 5.41. The molecule has 0 saturated carbocycles. The van der Waals surface area contributed by atoms with Gasteiger partial charge >= 0.3 is 12.2 Å². The van der Waals surface area contributed by atoms with Crippen LogP contribution in [0.25, 0.3) is 32.2 Å². The van der Waals surface area contributed by atoms with Gasteiger partial charge in [-0.1, -0.05) is 11.3 Å². The third kappa shape index (κ3) is 4.72. The van der Waals surface area contributed by atoms with Crippen LogP contribution in [0.1, 0.15) is 43.2 Å². The van der Waals surface area contributed by atoms with Crippen molar-refractivity contribution in [2.24, 2.45) is 0 Å². The summed E-state index contributed by atoms with van der Waals surface area (Å²) in [4.78, 5) is 17.4. The van der Waals surface area contributed by atoms with Crippen LogP contribution < -0.4 is 20.7 Å². The molecule has 4 fully saturated rings. The molecule has 240 valence electrons. The Hall–Kier alpha value is -3.87. The molecule has 4 aromatic rings. The number of rotatable bonds is 5. The molecule has 4 aliphatic heterocycles. The van der Waals surface area contributed by atoms with Crippen LogP contribution in [-0.2, 0) is 6.18 Å². The lowest BCUT2D eigenvalue weighted by Crippen LogP contribution is -2.51. The minimum Gasteiger partial charge on any atom is -0.461 e. The van der Waals surface area contributed by atoms with E-state index in [0.29, 0.717) is 26.1 Å². The zero-order valence-corrected chi connectivity index (χ0v) is 25.3. The quantitative estimate of drug-likeness (QED) is 0.272. The summed E-state index contributed by atoms with van der Waals surface area (Å²) in [7, 11) is 0. The number of hydrogen-bond acceptors (Lipinski definition) is 10. The summed E-state index contributed by atoms with van der Waals surface area (Å²) >= 11 is 0.812. The van der Waals surface area contributed by atoms with E-state index in [9.17, 15) is 27.2 Å². The predicted molar refractivity (Wildman–Crippen MR) is 163 cm³/mol. The molecule has 4 atom stereocenters. The number of halogens is 5. The lowest BCUT2D eigenvalue weighted by atomic mass is 9.91. The van der Waals surface area contributed by atoms with Gasteiger partial charge in [0.1, 0.15) is 30.5 Å². The van der Waals surface area contributed by atoms with Crippen molar-refractivity contribution in [2.75, 3.05) is 43.4 Å². The highest BCUT2D eigenvalue weighted by molar-refractivity contribution is 7.22. The van der Waals surface area contributed by atoms with Crippen LogP contribution in [0.2, 0.25) is 0 Å². The first-order chi connectivity index (χ1) is 22.0. The van der Waals surface area contributed by atoms with Crippen molar-refractivity contribution in [2.45, 2.75) is 62.1 Å². The fourth-order valence-electron chi connectivity index (χ4n) is 7.96. The van der Waals surface area contributed by atoms with E-state index < -0.39 is 34.8 Å². The number of nitrogens with zero attached hydrogens (tertiary/aromatic N) is 6. The molecule has 4 aliphatic rings. The van der Waals surface area contributed by atoms with Crippen LogP contribution in [0, 0.1) is 17.1 Å². The van der Waals surface area contributed by atoms with Crippen molar-refractivity contribution in [1.29, 1.82) is 5.26 Å². The topological polar surface area (TPSA) is 116 Å². The van der Waals surface area contributed by atoms with Gasteiger partial charge in [-0.3, -0.25) is 4.90 Å². The van der Waals surface area contributed by atoms with Gasteiger partial charge in [-0.2, -0.15) is 28.4 Å². The number of nitriles is 1. The van der Waals surface area contributed by atoms with E-state index in [1.165, 1.54) is 6.07 Å². The minimum absolute atomic E-state index is 0.0149. The standard InChI is InChI=1S/C31H29F5N8OS/c32-15-9-30(6-1-7-44(30)11-15)14-45-29-41-24-19(27(42-29)43-12-16-2-3-17(13-43)39-16)8-21(31(34,35)36)23(20(24)10-37)18-4-5-22(33)26-25(18)40-28(38)46-26/h4-5,8,15-17,39H,1-3,6-7,9,11-14H2,(H2,38,40). The molecular formula is C31H29F5N8OS. The molecule has 0 amide bonds. The van der Waals surface area contributed by atoms with E-state index in [0.717, 1.165) is 55.7 Å². The van der Waals surface area contributed by atoms with Gasteiger partial charge in [0.2, 0.25) is 0 Å². The highest BCUT2D eigenvalue weighted by atomic mass is 32.1. The molecule has 3 N–H and O–H groups in total. The smallest absolute Gasteiger partial charge is 0.417 e. The fraction of sp³-hybridized carbons (Fsp3) is 0.484. The molecule has 46 heavy (non-hydrogen) atoms. The molecule has 15 heteroatoms. The number of aromatic nitrogens is 3. The Balaban J connectivity index is 1.35. The lowest BCUT2D eigenvalue weighted by Gasteiger charge is -2.35. The van der Waals surface area contributed by atoms with E-state index in [-0.39, 0.29) is 67.9 Å². The molecule has 6 heterocycles. The Morgan fingerprint density at radius 3 is 2.65 bits per heavy atom. The number of piperazine rings is 1. The second-order valence-electron chi connectivity index (χ2n) is 12.7. The number of benzene rings is 2. The number of nitrogen functional groups attached to an aromatic ring is 1. The van der Waals surface area contributed by atoms with E-state index in [1.807, 2.05) is 11.0 Å². The summed E-state index contributed by atoms with van der Waals surface area (Å²) in [6.45, 7) is 2.20. The van der Waals surface area contributed by atoms with E-state index in [2.05, 4.69) is 25.2 Å². The molecule has 4 unspecified atom stereocenters. The summed E-state index contributed by atoms with van der Waals surface area (Å²) in [6, 6.07) is 5.36. The van der Waals surface area contributed by atoms with Crippen LogP contribution in [0.4, 0.5) is 32.9 Å². The lowest BCUT2D eigenvalue weighted by molar-refractivity contribution is -0.137. The van der Waals surface area contributed by atoms with Gasteiger partial charge in [0.15, 0.2) is 5.13 Å². The van der Waals surface area contributed by atoms with Crippen molar-refractivity contribution in [3.8, 4) is 23.2 Å². The number of ether oxygens (including phenoxy) is 1. The Labute approximate surface area is 264 Å². The summed E-state index contributed by atoms with van der Waals surface area (Å²) in [5.41, 5.74) is 3.24. The average molecular weight is 657 g/mol. The average Bonchev–Trinajstić information content (AvgIpc) is 3.76. The van der Waals surface area contributed by atoms with Crippen LogP contribution in [0.15, 0.2) is 18.2 Å². The van der Waals surface area contributed by atoms with Gasteiger partial charge < -0.3 is 20.7 Å². The Morgan fingerprint density at radius 1 is 1.13 bits per heavy atom. The summed E-state index contributed by atoms with van der Waals surface area (Å²) in [5.74, 6) is -0.443. The normalized spacial score (nSPS) is 26.3. The first-order valence-corrected chi connectivity index (χ1v) is 16.1. The second kappa shape index (κ2) is 10.6. The zero-order valence-electron chi connectivity index (χ0n) is 24.5. The minimum atomic E-state index is -4.90. The Kier molecular flexibility index (Phi) is 6.79. The number of alkyl halides is 4. The molecule has 0 spiro atoms. The monoisotopic (exact) mass is 656 g/mol. The van der Waals surface area contributed by atoms with E-state index in [4.69, 9.17) is 10.5 Å². The van der Waals surface area contributed by atoms with Gasteiger partial charge in [0.05, 0.1) is 32.4 Å². The summed E-state index contributed by atoms with van der Waals surface area (Å²) in [6.07, 6.45) is -2.07. The highest BCUT2D eigenvalue weighted by Gasteiger charge is 2.49. The maximum absolute atomic E-state index is 14.9. The van der Waals surface area contributed by atoms with Crippen molar-refractivity contribution in [1.82, 2.24) is 25.2 Å². The Bertz CT molecular complexity index is 1920. The SMILES string of the molecule is N#Cc1c(-c2ccc(F)c3sc(N)nc23)c(C(F)(F)F)cc2c(N3CC4CCC(C3)N4)nc(OCC34CCCN3CC(F)C4)nc12. The number of fused-ring (bicyclic) bond motifs is 5. The molecule has 0 radical (unpaired) electrons. The van der Waals surface area contributed by atoms with Crippen LogP contribution in [-0.4, -0.2) is 76.4 Å². The summed E-state index contributed by atoms with van der Waals surface area (Å²) < 4.78 is 80.2. The number of nitrogens with one attached hydrogen (secondary N) is 1. The molecule has 9 nitrogen and oxygen atoms in total. The van der Waals surface area contributed by atoms with Crippen molar-refractivity contribution >= 4 is 43.4 Å². The van der Waals surface area contributed by atoms with E-state index >= 15 is 0 Å². The van der Waals surface area contributed by atoms with E-state index in [1.54, 1.807) is 0 Å². The van der Waals surface area contributed by atoms with Crippen molar-refractivity contribution in [3.63, 3.8) is 0 Å². The number of thiazole rings is 1. The second-order valence-corrected chi connectivity index (χ2v) is 13.8. The van der Waals surface area contributed by atoms with Crippen molar-refractivity contribution in [3.05, 3.63) is 35.1 Å². The highest BCUT2D eigenvalue weighted by Crippen LogP contribution is 2.47. The molecule has 0 aliphatic carbocycles. The van der Waals surface area contributed by atoms with Gasteiger partial charge in [-0.05, 0) is 50.4 Å².